The lowest BCUT2D eigenvalue weighted by molar-refractivity contribution is 0.416. The lowest BCUT2D eigenvalue weighted by atomic mass is 9.98. The smallest absolute Gasteiger partial charge is 0.128 e. The summed E-state index contributed by atoms with van der Waals surface area (Å²) >= 11 is 3.60. The van der Waals surface area contributed by atoms with Gasteiger partial charge in [-0.2, -0.15) is 0 Å². The Balaban J connectivity index is 2.22. The highest BCUT2D eigenvalue weighted by atomic mass is 79.9. The third kappa shape index (κ3) is 3.60. The number of nitrogens with two attached hydrogens (primary N) is 1. The van der Waals surface area contributed by atoms with Gasteiger partial charge in [0.25, 0.3) is 0 Å². The molecule has 3 aromatic rings. The van der Waals surface area contributed by atoms with Crippen LogP contribution >= 0.6 is 15.9 Å². The number of halogens is 1. The first-order valence-corrected chi connectivity index (χ1v) is 9.65. The van der Waals surface area contributed by atoms with Crippen molar-refractivity contribution in [1.82, 2.24) is 4.98 Å². The van der Waals surface area contributed by atoms with E-state index in [0.29, 0.717) is 0 Å². The third-order valence-corrected chi connectivity index (χ3v) is 5.21. The Morgan fingerprint density at radius 1 is 1.16 bits per heavy atom. The summed E-state index contributed by atoms with van der Waals surface area (Å²) in [7, 11) is 1.72. The number of hydrogen-bond donors (Lipinski definition) is 2. The van der Waals surface area contributed by atoms with Gasteiger partial charge in [-0.25, -0.2) is 0 Å². The van der Waals surface area contributed by atoms with Gasteiger partial charge in [0, 0.05) is 20.9 Å². The van der Waals surface area contributed by atoms with Crippen LogP contribution in [0.1, 0.15) is 30.9 Å². The summed E-state index contributed by atoms with van der Waals surface area (Å²) in [4.78, 5) is 3.70. The standard InChI is InChI=1S/C21H25BrN2O/c1-3-14-7-6-9-16-17(8-4-5-12-23)21(24-20(14)16)18-13-15(22)10-11-19(18)25-2/h6-7,9-11,13,24H,3-5,8,12,23H2,1-2H3. The lowest BCUT2D eigenvalue weighted by Gasteiger charge is -2.10. The Bertz CT molecular complexity index is 870. The molecule has 0 unspecified atom stereocenters. The molecule has 0 spiro atoms. The van der Waals surface area contributed by atoms with Crippen molar-refractivity contribution in [2.45, 2.75) is 32.6 Å². The van der Waals surface area contributed by atoms with Gasteiger partial charge in [0.2, 0.25) is 0 Å². The molecule has 132 valence electrons. The maximum atomic E-state index is 5.71. The first kappa shape index (κ1) is 18.0. The fourth-order valence-corrected chi connectivity index (χ4v) is 3.80. The van der Waals surface area contributed by atoms with Crippen molar-refractivity contribution in [3.8, 4) is 17.0 Å². The summed E-state index contributed by atoms with van der Waals surface area (Å²) in [6.07, 6.45) is 4.14. The zero-order valence-electron chi connectivity index (χ0n) is 14.9. The average Bonchev–Trinajstić information content (AvgIpc) is 3.00. The van der Waals surface area contributed by atoms with Gasteiger partial charge in [0.15, 0.2) is 0 Å². The second-order valence-electron chi connectivity index (χ2n) is 6.26. The van der Waals surface area contributed by atoms with E-state index in [1.165, 1.54) is 22.0 Å². The van der Waals surface area contributed by atoms with E-state index in [4.69, 9.17) is 10.5 Å². The van der Waals surface area contributed by atoms with Gasteiger partial charge in [-0.05, 0) is 61.6 Å². The van der Waals surface area contributed by atoms with E-state index in [1.807, 2.05) is 12.1 Å². The maximum absolute atomic E-state index is 5.71. The molecule has 0 saturated carbocycles. The zero-order chi connectivity index (χ0) is 17.8. The number of rotatable bonds is 7. The van der Waals surface area contributed by atoms with Gasteiger partial charge >= 0.3 is 0 Å². The first-order valence-electron chi connectivity index (χ1n) is 8.86. The molecule has 0 aliphatic heterocycles. The van der Waals surface area contributed by atoms with Crippen molar-refractivity contribution in [2.75, 3.05) is 13.7 Å². The predicted octanol–water partition coefficient (Wildman–Crippen LogP) is 5.45. The molecule has 4 heteroatoms. The number of benzene rings is 2. The monoisotopic (exact) mass is 400 g/mol. The number of methoxy groups -OCH3 is 1. The van der Waals surface area contributed by atoms with Crippen molar-refractivity contribution >= 4 is 26.8 Å². The third-order valence-electron chi connectivity index (χ3n) is 4.72. The quantitative estimate of drug-likeness (QED) is 0.518. The molecule has 3 rings (SSSR count). The largest absolute Gasteiger partial charge is 0.496 e. The fraction of sp³-hybridized carbons (Fsp3) is 0.333. The van der Waals surface area contributed by atoms with E-state index >= 15 is 0 Å². The Kier molecular flexibility index (Phi) is 5.82. The van der Waals surface area contributed by atoms with Crippen LogP contribution in [0.15, 0.2) is 40.9 Å². The number of hydrogen-bond acceptors (Lipinski definition) is 2. The van der Waals surface area contributed by atoms with Gasteiger partial charge in [0.05, 0.1) is 12.8 Å². The summed E-state index contributed by atoms with van der Waals surface area (Å²) in [5, 5.41) is 1.31. The van der Waals surface area contributed by atoms with E-state index in [2.05, 4.69) is 52.1 Å². The fourth-order valence-electron chi connectivity index (χ4n) is 3.44. The van der Waals surface area contributed by atoms with Crippen LogP contribution in [-0.4, -0.2) is 18.6 Å². The molecule has 1 heterocycles. The molecular weight excluding hydrogens is 376 g/mol. The van der Waals surface area contributed by atoms with E-state index < -0.39 is 0 Å². The van der Waals surface area contributed by atoms with Gasteiger partial charge in [-0.15, -0.1) is 0 Å². The second kappa shape index (κ2) is 8.07. The van der Waals surface area contributed by atoms with Crippen LogP contribution in [0.25, 0.3) is 22.2 Å². The number of unbranched alkanes of at least 4 members (excludes halogenated alkanes) is 1. The van der Waals surface area contributed by atoms with Gasteiger partial charge in [-0.1, -0.05) is 41.1 Å². The molecule has 0 bridgehead atoms. The summed E-state index contributed by atoms with van der Waals surface area (Å²) in [6, 6.07) is 12.7. The van der Waals surface area contributed by atoms with Crippen molar-refractivity contribution < 1.29 is 4.74 Å². The molecule has 0 atom stereocenters. The van der Waals surface area contributed by atoms with Crippen LogP contribution in [0, 0.1) is 0 Å². The molecule has 3 nitrogen and oxygen atoms in total. The molecule has 0 fully saturated rings. The maximum Gasteiger partial charge on any atom is 0.128 e. The minimum atomic E-state index is 0.734. The number of para-hydroxylation sites is 1. The minimum Gasteiger partial charge on any atom is -0.496 e. The highest BCUT2D eigenvalue weighted by Crippen LogP contribution is 2.38. The molecule has 2 aromatic carbocycles. The van der Waals surface area contributed by atoms with Gasteiger partial charge in [-0.3, -0.25) is 0 Å². The highest BCUT2D eigenvalue weighted by Gasteiger charge is 2.17. The SMILES string of the molecule is CCc1cccc2c(CCCCN)c(-c3cc(Br)ccc3OC)[nH]c12. The van der Waals surface area contributed by atoms with Crippen molar-refractivity contribution in [3.05, 3.63) is 52.0 Å². The molecule has 0 saturated heterocycles. The highest BCUT2D eigenvalue weighted by molar-refractivity contribution is 9.10. The number of aromatic nitrogens is 1. The van der Waals surface area contributed by atoms with Crippen LogP contribution < -0.4 is 10.5 Å². The number of fused-ring (bicyclic) bond motifs is 1. The van der Waals surface area contributed by atoms with Crippen LogP contribution in [0.5, 0.6) is 5.75 Å². The Morgan fingerprint density at radius 3 is 2.72 bits per heavy atom. The van der Waals surface area contributed by atoms with Crippen LogP contribution in [-0.2, 0) is 12.8 Å². The number of ether oxygens (including phenoxy) is 1. The molecule has 3 N–H and O–H groups in total. The summed E-state index contributed by atoms with van der Waals surface area (Å²) in [5.74, 6) is 0.882. The van der Waals surface area contributed by atoms with Crippen molar-refractivity contribution in [3.63, 3.8) is 0 Å². The lowest BCUT2D eigenvalue weighted by Crippen LogP contribution is -1.99. The van der Waals surface area contributed by atoms with E-state index in [0.717, 1.165) is 53.7 Å². The van der Waals surface area contributed by atoms with E-state index in [9.17, 15) is 0 Å². The van der Waals surface area contributed by atoms with E-state index in [-0.39, 0.29) is 0 Å². The number of H-pyrrole nitrogens is 1. The van der Waals surface area contributed by atoms with Crippen LogP contribution in [0.3, 0.4) is 0 Å². The Hall–Kier alpha value is -1.78. The molecule has 1 aromatic heterocycles. The number of aryl methyl sites for hydroxylation is 2. The second-order valence-corrected chi connectivity index (χ2v) is 7.18. The molecule has 0 amide bonds. The molecule has 0 aliphatic rings. The first-order chi connectivity index (χ1) is 12.2. The Morgan fingerprint density at radius 2 is 2.00 bits per heavy atom. The van der Waals surface area contributed by atoms with Crippen LogP contribution in [0.2, 0.25) is 0 Å². The minimum absolute atomic E-state index is 0.734. The number of nitrogens with one attached hydrogen (secondary N) is 1. The van der Waals surface area contributed by atoms with Gasteiger partial charge in [0.1, 0.15) is 5.75 Å². The normalized spacial score (nSPS) is 11.2. The molecule has 0 aliphatic carbocycles. The number of aromatic amines is 1. The summed E-state index contributed by atoms with van der Waals surface area (Å²) < 4.78 is 6.67. The zero-order valence-corrected chi connectivity index (χ0v) is 16.4. The average molecular weight is 401 g/mol. The van der Waals surface area contributed by atoms with E-state index in [1.54, 1.807) is 7.11 Å². The summed E-state index contributed by atoms with van der Waals surface area (Å²) in [6.45, 7) is 2.93. The van der Waals surface area contributed by atoms with Gasteiger partial charge < -0.3 is 15.5 Å². The topological polar surface area (TPSA) is 51.0 Å². The van der Waals surface area contributed by atoms with Crippen molar-refractivity contribution in [1.29, 1.82) is 0 Å². The molecule has 25 heavy (non-hydrogen) atoms. The molecule has 0 radical (unpaired) electrons. The van der Waals surface area contributed by atoms with Crippen molar-refractivity contribution in [2.24, 2.45) is 5.73 Å². The molecular formula is C21H25BrN2O. The summed E-state index contributed by atoms with van der Waals surface area (Å²) in [5.41, 5.74) is 11.9. The predicted molar refractivity (Wildman–Crippen MR) is 109 cm³/mol. The van der Waals surface area contributed by atoms with Crippen LogP contribution in [0.4, 0.5) is 0 Å². The Labute approximate surface area is 157 Å².